The summed E-state index contributed by atoms with van der Waals surface area (Å²) in [5.74, 6) is 1.75. The van der Waals surface area contributed by atoms with Gasteiger partial charge in [0.15, 0.2) is 0 Å². The summed E-state index contributed by atoms with van der Waals surface area (Å²) in [6.07, 6.45) is 5.95. The van der Waals surface area contributed by atoms with E-state index >= 15 is 0 Å². The fraction of sp³-hybridized carbons (Fsp3) is 0.833. The summed E-state index contributed by atoms with van der Waals surface area (Å²) >= 11 is 0. The van der Waals surface area contributed by atoms with Gasteiger partial charge >= 0.3 is 0 Å². The molecule has 1 saturated heterocycles. The van der Waals surface area contributed by atoms with Crippen molar-refractivity contribution >= 4 is 0 Å². The van der Waals surface area contributed by atoms with Crippen molar-refractivity contribution in [2.45, 2.75) is 65.4 Å². The van der Waals surface area contributed by atoms with Gasteiger partial charge in [-0.15, -0.1) is 0 Å². The van der Waals surface area contributed by atoms with Crippen molar-refractivity contribution in [2.75, 3.05) is 13.1 Å². The quantitative estimate of drug-likeness (QED) is 0.730. The molecule has 2 fully saturated rings. The van der Waals surface area contributed by atoms with Crippen LogP contribution in [0.3, 0.4) is 0 Å². The topological polar surface area (TPSA) is 36.3 Å². The van der Waals surface area contributed by atoms with E-state index in [0.717, 1.165) is 31.0 Å². The molecule has 116 valence electrons. The number of allylic oxidation sites excluding steroid dienone is 1. The van der Waals surface area contributed by atoms with E-state index in [9.17, 15) is 5.26 Å². The maximum absolute atomic E-state index is 9.79. The van der Waals surface area contributed by atoms with Gasteiger partial charge < -0.3 is 9.64 Å². The van der Waals surface area contributed by atoms with Crippen LogP contribution in [0, 0.1) is 28.6 Å². The third-order valence-corrected chi connectivity index (χ3v) is 5.76. The summed E-state index contributed by atoms with van der Waals surface area (Å²) in [6.45, 7) is 11.2. The molecule has 21 heavy (non-hydrogen) atoms. The van der Waals surface area contributed by atoms with Gasteiger partial charge in [-0.3, -0.25) is 0 Å². The second-order valence-electron chi connectivity index (χ2n) is 8.35. The molecule has 2 atom stereocenters. The summed E-state index contributed by atoms with van der Waals surface area (Å²) in [6, 6.07) is 2.52. The van der Waals surface area contributed by atoms with Gasteiger partial charge in [0.25, 0.3) is 0 Å². The lowest BCUT2D eigenvalue weighted by molar-refractivity contribution is -0.103. The summed E-state index contributed by atoms with van der Waals surface area (Å²) in [7, 11) is 0. The maximum Gasteiger partial charge on any atom is 0.204 e. The van der Waals surface area contributed by atoms with Gasteiger partial charge in [-0.2, -0.15) is 5.26 Å². The number of hydrogen-bond donors (Lipinski definition) is 0. The lowest BCUT2D eigenvalue weighted by Gasteiger charge is -2.51. The fourth-order valence-corrected chi connectivity index (χ4v) is 4.55. The van der Waals surface area contributed by atoms with Crippen molar-refractivity contribution in [1.29, 1.82) is 5.26 Å². The molecule has 1 aliphatic carbocycles. The summed E-state index contributed by atoms with van der Waals surface area (Å²) < 4.78 is 6.38. The van der Waals surface area contributed by atoms with Crippen molar-refractivity contribution in [3.8, 4) is 6.07 Å². The molecule has 0 radical (unpaired) electrons. The number of nitriles is 1. The molecule has 3 aliphatic rings. The molecule has 0 aromatic heterocycles. The van der Waals surface area contributed by atoms with Crippen molar-refractivity contribution < 1.29 is 4.74 Å². The van der Waals surface area contributed by atoms with Crippen LogP contribution in [0.1, 0.15) is 59.8 Å². The van der Waals surface area contributed by atoms with Crippen LogP contribution in [0.4, 0.5) is 0 Å². The zero-order valence-corrected chi connectivity index (χ0v) is 13.9. The molecule has 0 spiro atoms. The fourth-order valence-electron chi connectivity index (χ4n) is 4.55. The molecule has 3 heteroatoms. The highest BCUT2D eigenvalue weighted by atomic mass is 16.5. The predicted molar refractivity (Wildman–Crippen MR) is 83.2 cm³/mol. The van der Waals surface area contributed by atoms with Gasteiger partial charge in [0.05, 0.1) is 5.57 Å². The number of hydrogen-bond acceptors (Lipinski definition) is 3. The van der Waals surface area contributed by atoms with Gasteiger partial charge in [0.1, 0.15) is 11.7 Å². The Morgan fingerprint density at radius 3 is 2.48 bits per heavy atom. The molecule has 0 aromatic carbocycles. The van der Waals surface area contributed by atoms with Gasteiger partial charge in [0, 0.05) is 24.9 Å². The zero-order valence-electron chi connectivity index (χ0n) is 13.9. The molecule has 0 amide bonds. The van der Waals surface area contributed by atoms with E-state index in [1.807, 2.05) is 0 Å². The van der Waals surface area contributed by atoms with E-state index in [1.165, 1.54) is 25.7 Å². The Hall–Kier alpha value is -1.17. The Kier molecular flexibility index (Phi) is 3.47. The molecule has 2 heterocycles. The second kappa shape index (κ2) is 4.93. The van der Waals surface area contributed by atoms with Gasteiger partial charge in [-0.1, -0.05) is 13.8 Å². The Labute approximate surface area is 129 Å². The SMILES string of the molecule is CC1(C)CC[C@H]2[C@H](C1)C(C#N)=C(N1CCCC1)OC2(C)C. The normalized spacial score (nSPS) is 34.1. The van der Waals surface area contributed by atoms with E-state index < -0.39 is 0 Å². The summed E-state index contributed by atoms with van der Waals surface area (Å²) in [5.41, 5.74) is 1.11. The molecule has 3 rings (SSSR count). The van der Waals surface area contributed by atoms with Crippen LogP contribution in [-0.4, -0.2) is 23.6 Å². The Balaban J connectivity index is 2.01. The van der Waals surface area contributed by atoms with E-state index in [2.05, 4.69) is 38.7 Å². The number of ether oxygens (including phenoxy) is 1. The summed E-state index contributed by atoms with van der Waals surface area (Å²) in [4.78, 5) is 2.30. The third kappa shape index (κ3) is 2.54. The van der Waals surface area contributed by atoms with Gasteiger partial charge in [-0.25, -0.2) is 0 Å². The second-order valence-corrected chi connectivity index (χ2v) is 8.35. The van der Waals surface area contributed by atoms with E-state index in [-0.39, 0.29) is 5.60 Å². The minimum Gasteiger partial charge on any atom is -0.472 e. The maximum atomic E-state index is 9.79. The molecule has 0 unspecified atom stereocenters. The highest BCUT2D eigenvalue weighted by Crippen LogP contribution is 2.53. The van der Waals surface area contributed by atoms with Crippen molar-refractivity contribution in [3.05, 3.63) is 11.5 Å². The number of rotatable bonds is 1. The van der Waals surface area contributed by atoms with Crippen LogP contribution < -0.4 is 0 Å². The largest absolute Gasteiger partial charge is 0.472 e. The van der Waals surface area contributed by atoms with Crippen molar-refractivity contribution in [1.82, 2.24) is 4.90 Å². The monoisotopic (exact) mass is 288 g/mol. The van der Waals surface area contributed by atoms with Crippen LogP contribution >= 0.6 is 0 Å². The molecule has 1 saturated carbocycles. The highest BCUT2D eigenvalue weighted by Gasteiger charge is 2.50. The average molecular weight is 288 g/mol. The first-order valence-electron chi connectivity index (χ1n) is 8.42. The van der Waals surface area contributed by atoms with E-state index in [0.29, 0.717) is 17.3 Å². The number of fused-ring (bicyclic) bond motifs is 1. The van der Waals surface area contributed by atoms with Crippen LogP contribution in [-0.2, 0) is 4.74 Å². The molecule has 0 aromatic rings. The van der Waals surface area contributed by atoms with Gasteiger partial charge in [-0.05, 0) is 51.4 Å². The molecule has 0 bridgehead atoms. The number of nitrogens with zero attached hydrogens (tertiary/aromatic N) is 2. The van der Waals surface area contributed by atoms with Crippen molar-refractivity contribution in [2.24, 2.45) is 17.3 Å². The van der Waals surface area contributed by atoms with Gasteiger partial charge in [0.2, 0.25) is 5.88 Å². The highest BCUT2D eigenvalue weighted by molar-refractivity contribution is 5.32. The zero-order chi connectivity index (χ0) is 15.3. The molecule has 2 aliphatic heterocycles. The third-order valence-electron chi connectivity index (χ3n) is 5.76. The lowest BCUT2D eigenvalue weighted by Crippen LogP contribution is -2.49. The van der Waals surface area contributed by atoms with Crippen LogP contribution in [0.5, 0.6) is 0 Å². The van der Waals surface area contributed by atoms with Crippen LogP contribution in [0.15, 0.2) is 11.5 Å². The first-order chi connectivity index (χ1) is 9.84. The van der Waals surface area contributed by atoms with E-state index in [4.69, 9.17) is 4.74 Å². The molecular formula is C18H28N2O. The van der Waals surface area contributed by atoms with Crippen molar-refractivity contribution in [3.63, 3.8) is 0 Å². The molecule has 0 N–H and O–H groups in total. The molecular weight excluding hydrogens is 260 g/mol. The average Bonchev–Trinajstić information content (AvgIpc) is 2.90. The predicted octanol–water partition coefficient (Wildman–Crippen LogP) is 4.07. The van der Waals surface area contributed by atoms with Crippen LogP contribution in [0.2, 0.25) is 0 Å². The Morgan fingerprint density at radius 1 is 1.19 bits per heavy atom. The first kappa shape index (κ1) is 14.8. The van der Waals surface area contributed by atoms with Crippen LogP contribution in [0.25, 0.3) is 0 Å². The minimum absolute atomic E-state index is 0.153. The summed E-state index contributed by atoms with van der Waals surface area (Å²) in [5, 5.41) is 9.79. The standard InChI is InChI=1S/C18H28N2O/c1-17(2)8-7-15-13(11-17)14(12-19)16(21-18(15,3)4)20-9-5-6-10-20/h13,15H,5-11H2,1-4H3/t13-,15+/m1/s1. The Morgan fingerprint density at radius 2 is 1.86 bits per heavy atom. The van der Waals surface area contributed by atoms with E-state index in [1.54, 1.807) is 0 Å². The smallest absolute Gasteiger partial charge is 0.204 e. The lowest BCUT2D eigenvalue weighted by atomic mass is 9.60. The Bertz CT molecular complexity index is 492. The molecule has 3 nitrogen and oxygen atoms in total. The number of likely N-dealkylation sites (tertiary alicyclic amines) is 1. The minimum atomic E-state index is -0.153. The first-order valence-corrected chi connectivity index (χ1v) is 8.42.